The van der Waals surface area contributed by atoms with Crippen LogP contribution >= 0.6 is 35.6 Å². The van der Waals surface area contributed by atoms with Crippen molar-refractivity contribution in [1.29, 1.82) is 0 Å². The second kappa shape index (κ2) is 14.8. The van der Waals surface area contributed by atoms with Gasteiger partial charge in [0.1, 0.15) is 5.15 Å². The number of carbonyl (C=O) groups excluding carboxylic acids is 1. The van der Waals surface area contributed by atoms with Gasteiger partial charge in [-0.2, -0.15) is 0 Å². The molecule has 1 aromatic heterocycles. The molecule has 158 valence electrons. The van der Waals surface area contributed by atoms with E-state index in [1.807, 2.05) is 13.0 Å². The van der Waals surface area contributed by atoms with Gasteiger partial charge in [0.05, 0.1) is 0 Å². The van der Waals surface area contributed by atoms with Crippen LogP contribution in [0.2, 0.25) is 5.15 Å². The third-order valence-electron chi connectivity index (χ3n) is 4.74. The van der Waals surface area contributed by atoms with Gasteiger partial charge in [0, 0.05) is 38.8 Å². The second-order valence-corrected chi connectivity index (χ2v) is 7.37. The highest BCUT2D eigenvalue weighted by atomic mass is 127. The maximum absolute atomic E-state index is 12.0. The lowest BCUT2D eigenvalue weighted by Crippen LogP contribution is -2.41. The first-order valence-electron chi connectivity index (χ1n) is 10.1. The molecule has 2 rings (SSSR count). The number of halogens is 2. The molecule has 0 atom stereocenters. The minimum absolute atomic E-state index is 0. The highest BCUT2D eigenvalue weighted by Crippen LogP contribution is 2.25. The zero-order valence-corrected chi connectivity index (χ0v) is 19.8. The van der Waals surface area contributed by atoms with E-state index < -0.39 is 0 Å². The van der Waals surface area contributed by atoms with Crippen molar-refractivity contribution in [3.63, 3.8) is 0 Å². The molecule has 1 aliphatic rings. The van der Waals surface area contributed by atoms with E-state index in [1.54, 1.807) is 12.3 Å². The van der Waals surface area contributed by atoms with Gasteiger partial charge in [-0.3, -0.25) is 9.79 Å². The summed E-state index contributed by atoms with van der Waals surface area (Å²) in [5, 5.41) is 10.00. The molecular formula is C20H33ClIN5O. The first-order chi connectivity index (χ1) is 13.2. The third kappa shape index (κ3) is 10.5. The number of pyridine rings is 1. The lowest BCUT2D eigenvalue weighted by molar-refractivity contribution is -0.122. The highest BCUT2D eigenvalue weighted by molar-refractivity contribution is 14.0. The largest absolute Gasteiger partial charge is 0.357 e. The molecule has 1 saturated carbocycles. The summed E-state index contributed by atoms with van der Waals surface area (Å²) in [5.41, 5.74) is 1.11. The lowest BCUT2D eigenvalue weighted by Gasteiger charge is -2.20. The molecule has 1 amide bonds. The molecule has 28 heavy (non-hydrogen) atoms. The van der Waals surface area contributed by atoms with E-state index in [0.29, 0.717) is 37.1 Å². The van der Waals surface area contributed by atoms with Crippen LogP contribution in [-0.4, -0.2) is 43.0 Å². The van der Waals surface area contributed by atoms with E-state index in [2.05, 4.69) is 25.9 Å². The average molecular weight is 522 g/mol. The Hall–Kier alpha value is -1.09. The standard InChI is InChI=1S/C20H32ClN5O.HI/c1-2-22-20(24-11-10-17-8-9-18(21)26-15-17)25-13-12-23-19(27)14-16-6-4-3-5-7-16;/h8-9,15-16H,2-7,10-14H2,1H3,(H,23,27)(H2,22,24,25);1H. The zero-order chi connectivity index (χ0) is 19.3. The first kappa shape index (κ1) is 24.9. The van der Waals surface area contributed by atoms with E-state index >= 15 is 0 Å². The summed E-state index contributed by atoms with van der Waals surface area (Å²) in [5.74, 6) is 1.51. The number of amides is 1. The number of aromatic nitrogens is 1. The monoisotopic (exact) mass is 521 g/mol. The zero-order valence-electron chi connectivity index (χ0n) is 16.7. The van der Waals surface area contributed by atoms with Gasteiger partial charge in [-0.05, 0) is 43.7 Å². The molecule has 0 unspecified atom stereocenters. The summed E-state index contributed by atoms with van der Waals surface area (Å²) < 4.78 is 0. The van der Waals surface area contributed by atoms with Crippen LogP contribution in [0.5, 0.6) is 0 Å². The summed E-state index contributed by atoms with van der Waals surface area (Å²) in [6.07, 6.45) is 9.52. The molecule has 1 fully saturated rings. The van der Waals surface area contributed by atoms with Gasteiger partial charge in [-0.15, -0.1) is 24.0 Å². The summed E-state index contributed by atoms with van der Waals surface area (Å²) >= 11 is 5.80. The molecule has 1 aromatic rings. The van der Waals surface area contributed by atoms with Crippen LogP contribution in [0, 0.1) is 5.92 Å². The Morgan fingerprint density at radius 2 is 1.93 bits per heavy atom. The number of hydrogen-bond donors (Lipinski definition) is 3. The predicted molar refractivity (Wildman–Crippen MR) is 127 cm³/mol. The van der Waals surface area contributed by atoms with Crippen molar-refractivity contribution in [2.24, 2.45) is 10.9 Å². The number of aliphatic imine (C=N–C) groups is 1. The normalized spacial score (nSPS) is 14.9. The van der Waals surface area contributed by atoms with Gasteiger partial charge in [-0.1, -0.05) is 36.9 Å². The Morgan fingerprint density at radius 1 is 1.18 bits per heavy atom. The molecular weight excluding hydrogens is 489 g/mol. The number of rotatable bonds is 9. The van der Waals surface area contributed by atoms with Gasteiger partial charge in [-0.25, -0.2) is 4.98 Å². The van der Waals surface area contributed by atoms with Crippen molar-refractivity contribution in [1.82, 2.24) is 20.9 Å². The number of guanidine groups is 1. The van der Waals surface area contributed by atoms with Crippen LogP contribution in [0.1, 0.15) is 51.0 Å². The van der Waals surface area contributed by atoms with Gasteiger partial charge in [0.25, 0.3) is 0 Å². The van der Waals surface area contributed by atoms with Crippen LogP contribution < -0.4 is 16.0 Å². The lowest BCUT2D eigenvalue weighted by atomic mass is 9.87. The van der Waals surface area contributed by atoms with Gasteiger partial charge >= 0.3 is 0 Å². The van der Waals surface area contributed by atoms with Crippen LogP contribution in [-0.2, 0) is 11.2 Å². The Balaban J connectivity index is 0.00000392. The number of nitrogens with zero attached hydrogens (tertiary/aromatic N) is 2. The van der Waals surface area contributed by atoms with Crippen LogP contribution in [0.3, 0.4) is 0 Å². The Bertz CT molecular complexity index is 591. The molecule has 6 nitrogen and oxygen atoms in total. The summed E-state index contributed by atoms with van der Waals surface area (Å²) in [6.45, 7) is 4.75. The fourth-order valence-electron chi connectivity index (χ4n) is 3.30. The molecule has 0 aromatic carbocycles. The van der Waals surface area contributed by atoms with Crippen molar-refractivity contribution < 1.29 is 4.79 Å². The summed E-state index contributed by atoms with van der Waals surface area (Å²) in [7, 11) is 0. The fourth-order valence-corrected chi connectivity index (χ4v) is 3.41. The Kier molecular flexibility index (Phi) is 13.2. The number of nitrogens with one attached hydrogen (secondary N) is 3. The smallest absolute Gasteiger partial charge is 0.220 e. The quantitative estimate of drug-likeness (QED) is 0.153. The third-order valence-corrected chi connectivity index (χ3v) is 4.97. The maximum atomic E-state index is 12.0. The maximum Gasteiger partial charge on any atom is 0.220 e. The topological polar surface area (TPSA) is 78.4 Å². The highest BCUT2D eigenvalue weighted by Gasteiger charge is 2.16. The van der Waals surface area contributed by atoms with E-state index in [-0.39, 0.29) is 29.9 Å². The summed E-state index contributed by atoms with van der Waals surface area (Å²) in [4.78, 5) is 20.7. The van der Waals surface area contributed by atoms with E-state index in [4.69, 9.17) is 11.6 Å². The first-order valence-corrected chi connectivity index (χ1v) is 10.4. The molecule has 0 bridgehead atoms. The van der Waals surface area contributed by atoms with Crippen LogP contribution in [0.15, 0.2) is 23.3 Å². The molecule has 0 aliphatic heterocycles. The summed E-state index contributed by atoms with van der Waals surface area (Å²) in [6, 6.07) is 3.76. The van der Waals surface area contributed by atoms with E-state index in [9.17, 15) is 4.79 Å². The van der Waals surface area contributed by atoms with Crippen LogP contribution in [0.25, 0.3) is 0 Å². The van der Waals surface area contributed by atoms with Crippen molar-refractivity contribution in [3.8, 4) is 0 Å². The minimum atomic E-state index is 0. The van der Waals surface area contributed by atoms with Gasteiger partial charge < -0.3 is 16.0 Å². The van der Waals surface area contributed by atoms with Gasteiger partial charge in [0.15, 0.2) is 5.96 Å². The molecule has 0 radical (unpaired) electrons. The number of carbonyl (C=O) groups is 1. The van der Waals surface area contributed by atoms with E-state index in [0.717, 1.165) is 24.5 Å². The van der Waals surface area contributed by atoms with Crippen molar-refractivity contribution in [3.05, 3.63) is 29.0 Å². The Morgan fingerprint density at radius 3 is 2.61 bits per heavy atom. The number of hydrogen-bond acceptors (Lipinski definition) is 3. The Labute approximate surface area is 190 Å². The van der Waals surface area contributed by atoms with Gasteiger partial charge in [0.2, 0.25) is 5.91 Å². The second-order valence-electron chi connectivity index (χ2n) is 6.98. The minimum Gasteiger partial charge on any atom is -0.357 e. The molecule has 0 saturated heterocycles. The van der Waals surface area contributed by atoms with E-state index in [1.165, 1.54) is 32.1 Å². The molecule has 1 heterocycles. The predicted octanol–water partition coefficient (Wildman–Crippen LogP) is 3.54. The average Bonchev–Trinajstić information content (AvgIpc) is 2.67. The van der Waals surface area contributed by atoms with Crippen molar-refractivity contribution in [2.75, 3.05) is 26.2 Å². The van der Waals surface area contributed by atoms with Crippen molar-refractivity contribution >= 4 is 47.4 Å². The molecule has 0 spiro atoms. The van der Waals surface area contributed by atoms with Crippen molar-refractivity contribution in [2.45, 2.75) is 51.9 Å². The molecule has 3 N–H and O–H groups in total. The van der Waals surface area contributed by atoms with Crippen LogP contribution in [0.4, 0.5) is 0 Å². The molecule has 8 heteroatoms. The fraction of sp³-hybridized carbons (Fsp3) is 0.650. The molecule has 1 aliphatic carbocycles. The SMILES string of the molecule is CCNC(=NCCc1ccc(Cl)nc1)NCCNC(=O)CC1CCCCC1.I.